The van der Waals surface area contributed by atoms with Gasteiger partial charge in [-0.1, -0.05) is 31.4 Å². The molecule has 2 N–H and O–H groups in total. The minimum atomic E-state index is -1.15. The first-order valence-electron chi connectivity index (χ1n) is 14.2. The number of fused-ring (bicyclic) bond motifs is 1. The Morgan fingerprint density at radius 2 is 1.79 bits per heavy atom. The number of nitrogens with one attached hydrogen (secondary N) is 2. The molecule has 2 bridgehead atoms. The van der Waals surface area contributed by atoms with Crippen molar-refractivity contribution in [3.05, 3.63) is 36.4 Å². The van der Waals surface area contributed by atoms with Gasteiger partial charge in [0.05, 0.1) is 38.3 Å². The molecule has 1 spiro atoms. The summed E-state index contributed by atoms with van der Waals surface area (Å²) < 4.78 is 17.1. The Labute approximate surface area is 229 Å². The number of carbonyl (C=O) groups excluding carboxylic acids is 3. The van der Waals surface area contributed by atoms with Crippen LogP contribution in [0.2, 0.25) is 0 Å². The molecular formula is C29H38N4O6. The van der Waals surface area contributed by atoms with E-state index in [0.29, 0.717) is 37.7 Å². The maximum atomic E-state index is 14.1. The molecule has 10 nitrogen and oxygen atoms in total. The van der Waals surface area contributed by atoms with Crippen LogP contribution in [0.25, 0.3) is 0 Å². The summed E-state index contributed by atoms with van der Waals surface area (Å²) in [5, 5.41) is 6.20. The first kappa shape index (κ1) is 26.3. The van der Waals surface area contributed by atoms with Gasteiger partial charge in [0.15, 0.2) is 0 Å². The summed E-state index contributed by atoms with van der Waals surface area (Å²) in [4.78, 5) is 45.5. The summed E-state index contributed by atoms with van der Waals surface area (Å²) in [5.41, 5.74) is -0.532. The molecule has 10 heteroatoms. The summed E-state index contributed by atoms with van der Waals surface area (Å²) in [7, 11) is 1.59. The second kappa shape index (κ2) is 10.9. The van der Waals surface area contributed by atoms with E-state index in [0.717, 1.165) is 38.8 Å². The number of likely N-dealkylation sites (tertiary alicyclic amines) is 1. The van der Waals surface area contributed by atoms with Gasteiger partial charge in [-0.3, -0.25) is 19.3 Å². The molecule has 0 aromatic heterocycles. The monoisotopic (exact) mass is 538 g/mol. The van der Waals surface area contributed by atoms with Gasteiger partial charge >= 0.3 is 0 Å². The lowest BCUT2D eigenvalue weighted by molar-refractivity contribution is -0.141. The van der Waals surface area contributed by atoms with Gasteiger partial charge in [0, 0.05) is 37.9 Å². The molecule has 1 aliphatic carbocycles. The van der Waals surface area contributed by atoms with Gasteiger partial charge in [-0.25, -0.2) is 0 Å². The molecule has 4 heterocycles. The molecule has 4 aliphatic heterocycles. The van der Waals surface area contributed by atoms with Gasteiger partial charge in [-0.05, 0) is 37.1 Å². The zero-order chi connectivity index (χ0) is 27.0. The average Bonchev–Trinajstić information content (AvgIpc) is 3.60. The Morgan fingerprint density at radius 3 is 2.51 bits per heavy atom. The highest BCUT2D eigenvalue weighted by Gasteiger charge is 2.72. The van der Waals surface area contributed by atoms with E-state index >= 15 is 0 Å². The summed E-state index contributed by atoms with van der Waals surface area (Å²) in [6.07, 6.45) is 8.44. The van der Waals surface area contributed by atoms with E-state index in [1.54, 1.807) is 36.3 Å². The van der Waals surface area contributed by atoms with Crippen molar-refractivity contribution >= 4 is 23.4 Å². The van der Waals surface area contributed by atoms with Crippen LogP contribution in [0.1, 0.15) is 32.1 Å². The second-order valence-corrected chi connectivity index (χ2v) is 11.2. The summed E-state index contributed by atoms with van der Waals surface area (Å²) in [6, 6.07) is 6.37. The molecule has 1 aromatic rings. The van der Waals surface area contributed by atoms with Gasteiger partial charge < -0.3 is 29.7 Å². The van der Waals surface area contributed by atoms with Gasteiger partial charge in [-0.15, -0.1) is 0 Å². The molecule has 4 fully saturated rings. The number of ether oxygens (including phenoxy) is 3. The first-order valence-corrected chi connectivity index (χ1v) is 14.2. The van der Waals surface area contributed by atoms with Crippen molar-refractivity contribution in [1.29, 1.82) is 0 Å². The number of benzene rings is 1. The minimum absolute atomic E-state index is 0.106. The topological polar surface area (TPSA) is 109 Å². The Kier molecular flexibility index (Phi) is 7.35. The van der Waals surface area contributed by atoms with Crippen LogP contribution in [0.4, 0.5) is 5.69 Å². The average molecular weight is 539 g/mol. The third kappa shape index (κ3) is 4.83. The van der Waals surface area contributed by atoms with Crippen molar-refractivity contribution in [2.75, 3.05) is 51.8 Å². The van der Waals surface area contributed by atoms with Gasteiger partial charge in [0.1, 0.15) is 17.4 Å². The van der Waals surface area contributed by atoms with Crippen LogP contribution in [-0.2, 0) is 23.9 Å². The van der Waals surface area contributed by atoms with Crippen LogP contribution < -0.4 is 15.4 Å². The van der Waals surface area contributed by atoms with E-state index < -0.39 is 29.6 Å². The zero-order valence-electron chi connectivity index (χ0n) is 22.5. The second-order valence-electron chi connectivity index (χ2n) is 11.2. The maximum Gasteiger partial charge on any atom is 0.246 e. The normalized spacial score (nSPS) is 32.3. The zero-order valence-corrected chi connectivity index (χ0v) is 22.5. The quantitative estimate of drug-likeness (QED) is 0.484. The third-order valence-corrected chi connectivity index (χ3v) is 8.99. The van der Waals surface area contributed by atoms with Crippen LogP contribution >= 0.6 is 0 Å². The van der Waals surface area contributed by atoms with Crippen LogP contribution in [0.15, 0.2) is 36.4 Å². The van der Waals surface area contributed by atoms with Crippen LogP contribution in [0.3, 0.4) is 0 Å². The Bertz CT molecular complexity index is 1110. The van der Waals surface area contributed by atoms with E-state index in [9.17, 15) is 14.4 Å². The van der Waals surface area contributed by atoms with E-state index in [1.165, 1.54) is 6.42 Å². The number of rotatable bonds is 8. The predicted molar refractivity (Wildman–Crippen MR) is 143 cm³/mol. The fourth-order valence-corrected chi connectivity index (χ4v) is 7.01. The number of amides is 3. The molecule has 39 heavy (non-hydrogen) atoms. The van der Waals surface area contributed by atoms with Crippen molar-refractivity contribution in [1.82, 2.24) is 15.1 Å². The fourth-order valence-electron chi connectivity index (χ4n) is 7.01. The predicted octanol–water partition coefficient (Wildman–Crippen LogP) is 1.57. The summed E-state index contributed by atoms with van der Waals surface area (Å²) >= 11 is 0. The molecule has 0 radical (unpaired) electrons. The summed E-state index contributed by atoms with van der Waals surface area (Å²) in [5.74, 6) is -1.43. The highest BCUT2D eigenvalue weighted by molar-refractivity contribution is 6.02. The fraction of sp³-hybridized carbons (Fsp3) is 0.621. The number of hydrogen-bond acceptors (Lipinski definition) is 7. The van der Waals surface area contributed by atoms with E-state index in [1.807, 2.05) is 12.2 Å². The molecule has 5 aliphatic rings. The number of anilines is 1. The smallest absolute Gasteiger partial charge is 0.246 e. The van der Waals surface area contributed by atoms with Crippen molar-refractivity contribution < 1.29 is 28.6 Å². The van der Waals surface area contributed by atoms with Crippen LogP contribution in [0, 0.1) is 11.8 Å². The largest absolute Gasteiger partial charge is 0.497 e. The molecule has 3 amide bonds. The van der Waals surface area contributed by atoms with Crippen molar-refractivity contribution in [3.8, 4) is 5.75 Å². The summed E-state index contributed by atoms with van der Waals surface area (Å²) in [6.45, 7) is 3.94. The Hall–Kier alpha value is -2.95. The number of morpholine rings is 1. The Balaban J connectivity index is 1.25. The highest BCUT2D eigenvalue weighted by Crippen LogP contribution is 2.55. The molecule has 5 atom stereocenters. The number of methoxy groups -OCH3 is 1. The molecule has 0 unspecified atom stereocenters. The third-order valence-electron chi connectivity index (χ3n) is 8.99. The molecular weight excluding hydrogens is 500 g/mol. The lowest BCUT2D eigenvalue weighted by Gasteiger charge is -2.35. The van der Waals surface area contributed by atoms with Crippen molar-refractivity contribution in [2.24, 2.45) is 11.8 Å². The highest BCUT2D eigenvalue weighted by atomic mass is 16.5. The van der Waals surface area contributed by atoms with Crippen LogP contribution in [0.5, 0.6) is 5.75 Å². The molecule has 6 rings (SSSR count). The molecule has 1 aromatic carbocycles. The van der Waals surface area contributed by atoms with Gasteiger partial charge in [-0.2, -0.15) is 0 Å². The van der Waals surface area contributed by atoms with Crippen LogP contribution in [-0.4, -0.2) is 97.8 Å². The van der Waals surface area contributed by atoms with Gasteiger partial charge in [0.2, 0.25) is 17.7 Å². The van der Waals surface area contributed by atoms with Crippen molar-refractivity contribution in [3.63, 3.8) is 0 Å². The first-order chi connectivity index (χ1) is 19.0. The lowest BCUT2D eigenvalue weighted by atomic mass is 9.74. The van der Waals surface area contributed by atoms with Crippen molar-refractivity contribution in [2.45, 2.75) is 55.9 Å². The molecule has 1 saturated carbocycles. The minimum Gasteiger partial charge on any atom is -0.497 e. The SMILES string of the molecule is COc1ccc(NC(=O)[C@@H]2[C@@H]3C=C[C@]4(O3)[C@@H]2C(=O)N(CCN2CCOCC2)[C@H]4C(=O)NC2CCCCC2)cc1. The molecule has 3 saturated heterocycles. The van der Waals surface area contributed by atoms with E-state index in [2.05, 4.69) is 15.5 Å². The van der Waals surface area contributed by atoms with Gasteiger partial charge in [0.25, 0.3) is 0 Å². The maximum absolute atomic E-state index is 14.1. The number of hydrogen-bond donors (Lipinski definition) is 2. The standard InChI is InChI=1S/C29H38N4O6/c1-37-21-9-7-20(8-10-21)30-26(34)23-22-11-12-29(39-22)24(23)28(36)33(14-13-32-15-17-38-18-16-32)25(29)27(35)31-19-5-3-2-4-6-19/h7-12,19,22-25H,2-6,13-18H2,1H3,(H,30,34)(H,31,35)/t22-,23+,24-,25-,29-/m0/s1. The van der Waals surface area contributed by atoms with E-state index in [-0.39, 0.29) is 23.8 Å². The number of nitrogens with zero attached hydrogens (tertiary/aromatic N) is 2. The lowest BCUT2D eigenvalue weighted by Crippen LogP contribution is -2.57. The van der Waals surface area contributed by atoms with E-state index in [4.69, 9.17) is 14.2 Å². The molecule has 210 valence electrons. The Morgan fingerprint density at radius 1 is 1.05 bits per heavy atom. The number of carbonyl (C=O) groups is 3.